The quantitative estimate of drug-likeness (QED) is 0.248. The van der Waals surface area contributed by atoms with Crippen molar-refractivity contribution in [2.24, 2.45) is 0 Å². The van der Waals surface area contributed by atoms with Crippen LogP contribution in [0.2, 0.25) is 0 Å². The highest BCUT2D eigenvalue weighted by molar-refractivity contribution is 5.76. The van der Waals surface area contributed by atoms with E-state index >= 15 is 0 Å². The van der Waals surface area contributed by atoms with Crippen molar-refractivity contribution in [1.82, 2.24) is 21.3 Å². The van der Waals surface area contributed by atoms with E-state index in [9.17, 15) is 4.79 Å². The number of carbonyl (C=O) groups is 1. The van der Waals surface area contributed by atoms with Crippen LogP contribution in [0.1, 0.15) is 129 Å². The second-order valence-corrected chi connectivity index (χ2v) is 10.2. The summed E-state index contributed by atoms with van der Waals surface area (Å²) >= 11 is 0. The molecule has 1 aliphatic rings. The molecule has 0 bridgehead atoms. The molecule has 0 radical (unpaired) electrons. The van der Waals surface area contributed by atoms with Crippen LogP contribution in [0.4, 0.5) is 0 Å². The van der Waals surface area contributed by atoms with E-state index in [2.05, 4.69) is 28.2 Å². The van der Waals surface area contributed by atoms with Crippen LogP contribution in [0, 0.1) is 0 Å². The molecule has 0 unspecified atom stereocenters. The summed E-state index contributed by atoms with van der Waals surface area (Å²) in [7, 11) is 0. The molecule has 0 saturated carbocycles. The fourth-order valence-corrected chi connectivity index (χ4v) is 4.69. The van der Waals surface area contributed by atoms with E-state index in [-0.39, 0.29) is 5.91 Å². The minimum Gasteiger partial charge on any atom is -0.356 e. The molecule has 196 valence electrons. The van der Waals surface area contributed by atoms with Crippen molar-refractivity contribution in [3.05, 3.63) is 0 Å². The topological polar surface area (TPSA) is 65.2 Å². The third-order valence-corrected chi connectivity index (χ3v) is 6.86. The lowest BCUT2D eigenvalue weighted by atomic mass is 10.0. The second-order valence-electron chi connectivity index (χ2n) is 10.2. The smallest absolute Gasteiger partial charge is 0.221 e. The molecule has 1 atom stereocenters. The Hall–Kier alpha value is -0.650. The largest absolute Gasteiger partial charge is 0.356 e. The van der Waals surface area contributed by atoms with Crippen LogP contribution in [0.15, 0.2) is 0 Å². The maximum absolute atomic E-state index is 12.4. The Bertz CT molecular complexity index is 419. The first-order chi connectivity index (χ1) is 16.3. The van der Waals surface area contributed by atoms with Crippen molar-refractivity contribution < 1.29 is 4.79 Å². The number of nitrogens with one attached hydrogen (secondary N) is 4. The summed E-state index contributed by atoms with van der Waals surface area (Å²) in [5, 5.41) is 13.8. The van der Waals surface area contributed by atoms with Crippen LogP contribution >= 0.6 is 0 Å². The summed E-state index contributed by atoms with van der Waals surface area (Å²) in [6.07, 6.45) is 24.4. The lowest BCUT2D eigenvalue weighted by Crippen LogP contribution is -2.37. The molecule has 0 aliphatic carbocycles. The van der Waals surface area contributed by atoms with Gasteiger partial charge in [0.25, 0.3) is 0 Å². The first-order valence-electron chi connectivity index (χ1n) is 14.7. The first kappa shape index (κ1) is 30.4. The van der Waals surface area contributed by atoms with Gasteiger partial charge in [-0.25, -0.2) is 0 Å². The number of carbonyl (C=O) groups excluding carboxylic acids is 1. The summed E-state index contributed by atoms with van der Waals surface area (Å²) in [6, 6.07) is 0.325. The zero-order valence-corrected chi connectivity index (χ0v) is 22.2. The van der Waals surface area contributed by atoms with Crippen LogP contribution in [-0.4, -0.2) is 51.2 Å². The standard InChI is InChI=1S/C28H58N4O/c1-2-3-4-5-6-7-8-9-10-11-12-13-14-19-27-26-28(33)32-25-18-23-30-21-16-15-20-29-22-17-24-31-27/h27,29-31H,2-26H2,1H3,(H,32,33)/t27-/m1/s1. The van der Waals surface area contributed by atoms with E-state index < -0.39 is 0 Å². The summed E-state index contributed by atoms with van der Waals surface area (Å²) in [4.78, 5) is 12.4. The zero-order chi connectivity index (χ0) is 23.7. The lowest BCUT2D eigenvalue weighted by Gasteiger charge is -2.19. The molecule has 1 saturated heterocycles. The van der Waals surface area contributed by atoms with E-state index in [1.54, 1.807) is 0 Å². The average molecular weight is 467 g/mol. The van der Waals surface area contributed by atoms with E-state index in [1.165, 1.54) is 96.3 Å². The molecule has 1 fully saturated rings. The highest BCUT2D eigenvalue weighted by atomic mass is 16.1. The highest BCUT2D eigenvalue weighted by Gasteiger charge is 2.13. The van der Waals surface area contributed by atoms with Gasteiger partial charge in [-0.1, -0.05) is 90.4 Å². The Labute approximate surface area is 206 Å². The lowest BCUT2D eigenvalue weighted by molar-refractivity contribution is -0.121. The molecule has 1 aliphatic heterocycles. The van der Waals surface area contributed by atoms with Gasteiger partial charge in [-0.05, 0) is 64.8 Å². The Kier molecular flexibility index (Phi) is 22.5. The Balaban J connectivity index is 2.10. The van der Waals surface area contributed by atoms with E-state index in [0.717, 1.165) is 58.5 Å². The third kappa shape index (κ3) is 21.6. The van der Waals surface area contributed by atoms with Gasteiger partial charge in [-0.15, -0.1) is 0 Å². The number of hydrogen-bond donors (Lipinski definition) is 4. The van der Waals surface area contributed by atoms with E-state index in [4.69, 9.17) is 0 Å². The molecular formula is C28H58N4O. The van der Waals surface area contributed by atoms with Crippen molar-refractivity contribution in [3.63, 3.8) is 0 Å². The predicted octanol–water partition coefficient (Wildman–Crippen LogP) is 5.69. The molecule has 5 heteroatoms. The molecule has 0 spiro atoms. The number of rotatable bonds is 14. The Morgan fingerprint density at radius 2 is 1.09 bits per heavy atom. The number of unbranched alkanes of at least 4 members (excludes halogenated alkanes) is 12. The minimum atomic E-state index is 0.213. The van der Waals surface area contributed by atoms with Gasteiger partial charge in [0.1, 0.15) is 0 Å². The van der Waals surface area contributed by atoms with Crippen LogP contribution in [0.5, 0.6) is 0 Å². The van der Waals surface area contributed by atoms with Crippen molar-refractivity contribution >= 4 is 5.91 Å². The molecule has 1 heterocycles. The third-order valence-electron chi connectivity index (χ3n) is 6.86. The summed E-state index contributed by atoms with van der Waals surface area (Å²) < 4.78 is 0. The van der Waals surface area contributed by atoms with Gasteiger partial charge < -0.3 is 21.3 Å². The van der Waals surface area contributed by atoms with E-state index in [0.29, 0.717) is 12.5 Å². The van der Waals surface area contributed by atoms with Gasteiger partial charge in [0, 0.05) is 19.0 Å². The number of hydrogen-bond acceptors (Lipinski definition) is 4. The molecule has 4 N–H and O–H groups in total. The normalized spacial score (nSPS) is 20.3. The predicted molar refractivity (Wildman–Crippen MR) is 144 cm³/mol. The molecule has 5 nitrogen and oxygen atoms in total. The van der Waals surface area contributed by atoms with Gasteiger partial charge in [0.2, 0.25) is 5.91 Å². The van der Waals surface area contributed by atoms with Gasteiger partial charge >= 0.3 is 0 Å². The van der Waals surface area contributed by atoms with Crippen LogP contribution in [-0.2, 0) is 4.79 Å². The second kappa shape index (κ2) is 24.5. The monoisotopic (exact) mass is 466 g/mol. The molecule has 1 amide bonds. The number of amides is 1. The highest BCUT2D eigenvalue weighted by Crippen LogP contribution is 2.14. The maximum Gasteiger partial charge on any atom is 0.221 e. The summed E-state index contributed by atoms with van der Waals surface area (Å²) in [6.45, 7) is 8.34. The van der Waals surface area contributed by atoms with Gasteiger partial charge in [0.15, 0.2) is 0 Å². The summed E-state index contributed by atoms with van der Waals surface area (Å²) in [5.41, 5.74) is 0. The average Bonchev–Trinajstić information content (AvgIpc) is 2.81. The van der Waals surface area contributed by atoms with Crippen molar-refractivity contribution in [3.8, 4) is 0 Å². The van der Waals surface area contributed by atoms with Crippen LogP contribution < -0.4 is 21.3 Å². The van der Waals surface area contributed by atoms with Gasteiger partial charge in [-0.3, -0.25) is 4.79 Å². The minimum absolute atomic E-state index is 0.213. The molecule has 0 aromatic rings. The summed E-state index contributed by atoms with van der Waals surface area (Å²) in [5.74, 6) is 0.213. The molecule has 0 aromatic heterocycles. The van der Waals surface area contributed by atoms with Crippen molar-refractivity contribution in [2.45, 2.75) is 135 Å². The van der Waals surface area contributed by atoms with Crippen LogP contribution in [0.25, 0.3) is 0 Å². The fraction of sp³-hybridized carbons (Fsp3) is 0.964. The van der Waals surface area contributed by atoms with Gasteiger partial charge in [0.05, 0.1) is 0 Å². The Morgan fingerprint density at radius 3 is 1.67 bits per heavy atom. The molecule has 0 aromatic carbocycles. The zero-order valence-electron chi connectivity index (χ0n) is 22.2. The van der Waals surface area contributed by atoms with Gasteiger partial charge in [-0.2, -0.15) is 0 Å². The maximum atomic E-state index is 12.4. The molecule has 1 rings (SSSR count). The Morgan fingerprint density at radius 1 is 0.606 bits per heavy atom. The van der Waals surface area contributed by atoms with Crippen LogP contribution in [0.3, 0.4) is 0 Å². The first-order valence-corrected chi connectivity index (χ1v) is 14.7. The molecular weight excluding hydrogens is 408 g/mol. The van der Waals surface area contributed by atoms with Crippen molar-refractivity contribution in [2.75, 3.05) is 39.3 Å². The molecule has 33 heavy (non-hydrogen) atoms. The SMILES string of the molecule is CCCCCCCCCCCCCCC[C@@H]1CC(=O)NCCCNCCCCNCCCN1. The van der Waals surface area contributed by atoms with E-state index in [1.807, 2.05) is 0 Å². The fourth-order valence-electron chi connectivity index (χ4n) is 4.69. The van der Waals surface area contributed by atoms with Crippen molar-refractivity contribution in [1.29, 1.82) is 0 Å².